The van der Waals surface area contributed by atoms with E-state index in [1.165, 1.54) is 13.3 Å². The highest BCUT2D eigenvalue weighted by Gasteiger charge is 2.14. The van der Waals surface area contributed by atoms with Crippen molar-refractivity contribution < 1.29 is 22.3 Å². The number of hydrogen-bond acceptors (Lipinski definition) is 5. The molecule has 0 saturated carbocycles. The first-order valence-electron chi connectivity index (χ1n) is 8.84. The minimum atomic E-state index is -3.92. The van der Waals surface area contributed by atoms with Crippen LogP contribution < -0.4 is 14.3 Å². The van der Waals surface area contributed by atoms with Gasteiger partial charge in [-0.15, -0.1) is 0 Å². The van der Waals surface area contributed by atoms with Gasteiger partial charge in [0.15, 0.2) is 11.5 Å². The van der Waals surface area contributed by atoms with E-state index < -0.39 is 15.8 Å². The van der Waals surface area contributed by atoms with Gasteiger partial charge in [0.05, 0.1) is 22.7 Å². The lowest BCUT2D eigenvalue weighted by molar-refractivity contribution is 0.282. The van der Waals surface area contributed by atoms with Crippen LogP contribution in [0.3, 0.4) is 0 Å². The number of nitrogens with zero attached hydrogens (tertiary/aromatic N) is 1. The fourth-order valence-electron chi connectivity index (χ4n) is 2.56. The van der Waals surface area contributed by atoms with Crippen LogP contribution in [0.1, 0.15) is 11.1 Å². The van der Waals surface area contributed by atoms with Crippen LogP contribution in [-0.4, -0.2) is 21.7 Å². The third kappa shape index (κ3) is 5.96. The zero-order chi connectivity index (χ0) is 22.4. The lowest BCUT2D eigenvalue weighted by Crippen LogP contribution is -2.18. The average molecular weight is 528 g/mol. The summed E-state index contributed by atoms with van der Waals surface area (Å²) in [6.45, 7) is 0.236. The molecule has 0 fully saturated rings. The van der Waals surface area contributed by atoms with Gasteiger partial charge in [-0.05, 0) is 64.0 Å². The summed E-state index contributed by atoms with van der Waals surface area (Å²) < 4.78 is 49.2. The van der Waals surface area contributed by atoms with Gasteiger partial charge in [-0.3, -0.25) is 0 Å². The number of hydrogen-bond donors (Lipinski definition) is 1. The first-order chi connectivity index (χ1) is 14.8. The highest BCUT2D eigenvalue weighted by Crippen LogP contribution is 2.37. The van der Waals surface area contributed by atoms with Gasteiger partial charge < -0.3 is 9.47 Å². The van der Waals surface area contributed by atoms with E-state index in [1.54, 1.807) is 18.2 Å². The highest BCUT2D eigenvalue weighted by molar-refractivity contribution is 9.10. The summed E-state index contributed by atoms with van der Waals surface area (Å²) in [5.41, 5.74) is 1.37. The molecular weight excluding hydrogens is 511 g/mol. The van der Waals surface area contributed by atoms with Crippen LogP contribution in [0.15, 0.2) is 75.1 Å². The van der Waals surface area contributed by atoms with Crippen molar-refractivity contribution in [2.75, 3.05) is 7.11 Å². The molecule has 3 aromatic carbocycles. The molecule has 3 rings (SSSR count). The maximum atomic E-state index is 13.0. The molecule has 1 N–H and O–H groups in total. The Morgan fingerprint density at radius 3 is 2.55 bits per heavy atom. The van der Waals surface area contributed by atoms with Crippen LogP contribution in [0.4, 0.5) is 4.39 Å². The minimum Gasteiger partial charge on any atom is -0.493 e. The quantitative estimate of drug-likeness (QED) is 0.325. The van der Waals surface area contributed by atoms with E-state index in [2.05, 4.69) is 25.9 Å². The maximum absolute atomic E-state index is 13.0. The third-order valence-electron chi connectivity index (χ3n) is 4.09. The molecule has 0 aliphatic rings. The zero-order valence-corrected chi connectivity index (χ0v) is 19.3. The highest BCUT2D eigenvalue weighted by atomic mass is 79.9. The van der Waals surface area contributed by atoms with Gasteiger partial charge in [-0.25, -0.2) is 9.22 Å². The van der Waals surface area contributed by atoms with Crippen molar-refractivity contribution in [2.45, 2.75) is 11.5 Å². The molecule has 162 valence electrons. The Balaban J connectivity index is 1.74. The number of methoxy groups -OCH3 is 1. The molecule has 0 aromatic heterocycles. The standard InChI is InChI=1S/C21H17BrClFN2O4S/c1-29-20-11-14(12-25-26-31(27,28)17-8-6-16(24)7-9-17)10-18(22)21(20)30-13-15-4-2-3-5-19(15)23/h2-12,26H,13H2,1H3/b25-12-. The van der Waals surface area contributed by atoms with Crippen molar-refractivity contribution in [3.05, 3.63) is 87.1 Å². The predicted octanol–water partition coefficient (Wildman–Crippen LogP) is 5.14. The van der Waals surface area contributed by atoms with Gasteiger partial charge >= 0.3 is 0 Å². The summed E-state index contributed by atoms with van der Waals surface area (Å²) in [6, 6.07) is 15.1. The van der Waals surface area contributed by atoms with Gasteiger partial charge in [0.1, 0.15) is 12.4 Å². The summed E-state index contributed by atoms with van der Waals surface area (Å²) in [4.78, 5) is 1.98. The van der Waals surface area contributed by atoms with Gasteiger partial charge in [0, 0.05) is 10.6 Å². The molecular formula is C21H17BrClFN2O4S. The smallest absolute Gasteiger partial charge is 0.276 e. The number of benzene rings is 3. The van der Waals surface area contributed by atoms with Gasteiger partial charge in [0.25, 0.3) is 10.0 Å². The number of sulfonamides is 1. The summed E-state index contributed by atoms with van der Waals surface area (Å²) >= 11 is 9.59. The molecule has 3 aromatic rings. The van der Waals surface area contributed by atoms with E-state index in [-0.39, 0.29) is 11.5 Å². The minimum absolute atomic E-state index is 0.104. The molecule has 0 aliphatic carbocycles. The Morgan fingerprint density at radius 2 is 1.87 bits per heavy atom. The van der Waals surface area contributed by atoms with E-state index in [0.29, 0.717) is 26.6 Å². The van der Waals surface area contributed by atoms with Gasteiger partial charge in [-0.1, -0.05) is 29.8 Å². The summed E-state index contributed by atoms with van der Waals surface area (Å²) in [5.74, 6) is 0.354. The van der Waals surface area contributed by atoms with Crippen molar-refractivity contribution in [1.29, 1.82) is 0 Å². The fraction of sp³-hybridized carbons (Fsp3) is 0.0952. The second-order valence-electron chi connectivity index (χ2n) is 6.22. The number of rotatable bonds is 8. The molecule has 0 aliphatic heterocycles. The molecule has 0 bridgehead atoms. The Morgan fingerprint density at radius 1 is 1.16 bits per heavy atom. The largest absolute Gasteiger partial charge is 0.493 e. The predicted molar refractivity (Wildman–Crippen MR) is 121 cm³/mol. The SMILES string of the molecule is COc1cc(/C=N\NS(=O)(=O)c2ccc(F)cc2)cc(Br)c1OCc1ccccc1Cl. The molecule has 10 heteroatoms. The number of ether oxygens (including phenoxy) is 2. The topological polar surface area (TPSA) is 77.0 Å². The van der Waals surface area contributed by atoms with Crippen molar-refractivity contribution in [3.8, 4) is 11.5 Å². The fourth-order valence-corrected chi connectivity index (χ4v) is 4.11. The number of hydrazone groups is 1. The van der Waals surface area contributed by atoms with Crippen molar-refractivity contribution in [3.63, 3.8) is 0 Å². The van der Waals surface area contributed by atoms with E-state index in [4.69, 9.17) is 21.1 Å². The second kappa shape index (κ2) is 10.1. The number of halogens is 3. The molecule has 0 atom stereocenters. The second-order valence-corrected chi connectivity index (χ2v) is 9.14. The van der Waals surface area contributed by atoms with E-state index in [1.807, 2.05) is 18.2 Å². The Kier molecular flexibility index (Phi) is 7.53. The average Bonchev–Trinajstić information content (AvgIpc) is 2.74. The van der Waals surface area contributed by atoms with Crippen molar-refractivity contribution >= 4 is 43.8 Å². The molecule has 0 spiro atoms. The molecule has 31 heavy (non-hydrogen) atoms. The Labute approximate surface area is 192 Å². The summed E-state index contributed by atoms with van der Waals surface area (Å²) in [7, 11) is -2.43. The van der Waals surface area contributed by atoms with E-state index in [0.717, 1.165) is 29.8 Å². The van der Waals surface area contributed by atoms with E-state index >= 15 is 0 Å². The van der Waals surface area contributed by atoms with Gasteiger partial charge in [-0.2, -0.15) is 13.5 Å². The molecule has 0 radical (unpaired) electrons. The van der Waals surface area contributed by atoms with Crippen LogP contribution in [0.5, 0.6) is 11.5 Å². The maximum Gasteiger partial charge on any atom is 0.276 e. The molecule has 6 nitrogen and oxygen atoms in total. The summed E-state index contributed by atoms with van der Waals surface area (Å²) in [5, 5.41) is 4.36. The van der Waals surface area contributed by atoms with Crippen LogP contribution in [0.25, 0.3) is 0 Å². The number of nitrogens with one attached hydrogen (secondary N) is 1. The molecule has 0 amide bonds. The van der Waals surface area contributed by atoms with Gasteiger partial charge in [0.2, 0.25) is 0 Å². The monoisotopic (exact) mass is 526 g/mol. The van der Waals surface area contributed by atoms with Crippen LogP contribution in [-0.2, 0) is 16.6 Å². The first-order valence-corrected chi connectivity index (χ1v) is 11.5. The van der Waals surface area contributed by atoms with Crippen LogP contribution in [0.2, 0.25) is 5.02 Å². The van der Waals surface area contributed by atoms with Crippen molar-refractivity contribution in [1.82, 2.24) is 4.83 Å². The summed E-state index contributed by atoms with van der Waals surface area (Å²) in [6.07, 6.45) is 1.31. The third-order valence-corrected chi connectivity index (χ3v) is 6.29. The molecule has 0 saturated heterocycles. The lowest BCUT2D eigenvalue weighted by atomic mass is 10.2. The normalized spacial score (nSPS) is 11.5. The lowest BCUT2D eigenvalue weighted by Gasteiger charge is -2.14. The Hall–Kier alpha value is -2.62. The first kappa shape index (κ1) is 23.1. The zero-order valence-electron chi connectivity index (χ0n) is 16.2. The van der Waals surface area contributed by atoms with E-state index in [9.17, 15) is 12.8 Å². The Bertz CT molecular complexity index is 1200. The molecule has 0 unspecified atom stereocenters. The molecule has 0 heterocycles. The van der Waals surface area contributed by atoms with Crippen LogP contribution >= 0.6 is 27.5 Å². The van der Waals surface area contributed by atoms with Crippen LogP contribution in [0, 0.1) is 5.82 Å². The van der Waals surface area contributed by atoms with Crippen molar-refractivity contribution in [2.24, 2.45) is 5.10 Å².